The first-order valence-corrected chi connectivity index (χ1v) is 8.53. The molecule has 1 saturated heterocycles. The van der Waals surface area contributed by atoms with Crippen molar-refractivity contribution in [1.82, 2.24) is 14.5 Å². The van der Waals surface area contributed by atoms with Gasteiger partial charge in [0.2, 0.25) is 5.91 Å². The second kappa shape index (κ2) is 5.83. The molecule has 3 heterocycles. The van der Waals surface area contributed by atoms with Gasteiger partial charge in [0.15, 0.2) is 5.16 Å². The number of hydrogen-bond acceptors (Lipinski definition) is 4. The summed E-state index contributed by atoms with van der Waals surface area (Å²) in [5.74, 6) is 1.54. The summed E-state index contributed by atoms with van der Waals surface area (Å²) in [6.07, 6.45) is 3.79. The molecule has 1 amide bonds. The number of amides is 1. The molecule has 1 aromatic rings. The van der Waals surface area contributed by atoms with Crippen LogP contribution < -0.4 is 5.56 Å². The van der Waals surface area contributed by atoms with Crippen LogP contribution in [0.4, 0.5) is 0 Å². The normalized spacial score (nSPS) is 23.0. The van der Waals surface area contributed by atoms with Crippen LogP contribution in [0.25, 0.3) is 0 Å². The van der Waals surface area contributed by atoms with Crippen molar-refractivity contribution in [3.8, 4) is 0 Å². The molecule has 21 heavy (non-hydrogen) atoms. The molecule has 1 unspecified atom stereocenters. The number of carbonyl (C=O) groups excluding carboxylic acids is 1. The van der Waals surface area contributed by atoms with Crippen LogP contribution in [0.15, 0.2) is 16.1 Å². The van der Waals surface area contributed by atoms with Crippen LogP contribution in [0.2, 0.25) is 0 Å². The SMILES string of the molecule is Cc1cnc2n(c1=O)CC(C(=O)N1CCC(C)CC1)CS2. The van der Waals surface area contributed by atoms with Gasteiger partial charge in [0.1, 0.15) is 0 Å². The van der Waals surface area contributed by atoms with Crippen molar-refractivity contribution in [3.63, 3.8) is 0 Å². The Morgan fingerprint density at radius 3 is 2.81 bits per heavy atom. The smallest absolute Gasteiger partial charge is 0.257 e. The second-order valence-electron chi connectivity index (χ2n) is 6.16. The molecule has 1 atom stereocenters. The highest BCUT2D eigenvalue weighted by molar-refractivity contribution is 7.99. The van der Waals surface area contributed by atoms with Crippen LogP contribution in [0, 0.1) is 18.8 Å². The van der Waals surface area contributed by atoms with Gasteiger partial charge in [-0.1, -0.05) is 18.7 Å². The monoisotopic (exact) mass is 307 g/mol. The molecular formula is C15H21N3O2S. The molecule has 114 valence electrons. The van der Waals surface area contributed by atoms with E-state index in [0.29, 0.717) is 18.0 Å². The minimum Gasteiger partial charge on any atom is -0.342 e. The molecule has 5 nitrogen and oxygen atoms in total. The summed E-state index contributed by atoms with van der Waals surface area (Å²) in [7, 11) is 0. The largest absolute Gasteiger partial charge is 0.342 e. The Morgan fingerprint density at radius 2 is 2.10 bits per heavy atom. The summed E-state index contributed by atoms with van der Waals surface area (Å²) < 4.78 is 1.67. The number of rotatable bonds is 1. The van der Waals surface area contributed by atoms with Gasteiger partial charge >= 0.3 is 0 Å². The van der Waals surface area contributed by atoms with Crippen molar-refractivity contribution < 1.29 is 4.79 Å². The molecule has 0 aliphatic carbocycles. The number of nitrogens with zero attached hydrogens (tertiary/aromatic N) is 3. The van der Waals surface area contributed by atoms with Crippen molar-refractivity contribution in [3.05, 3.63) is 22.1 Å². The summed E-state index contributed by atoms with van der Waals surface area (Å²) >= 11 is 1.52. The maximum Gasteiger partial charge on any atom is 0.257 e. The minimum atomic E-state index is -0.0998. The topological polar surface area (TPSA) is 55.2 Å². The Morgan fingerprint density at radius 1 is 1.38 bits per heavy atom. The Balaban J connectivity index is 1.75. The first-order valence-electron chi connectivity index (χ1n) is 7.54. The zero-order chi connectivity index (χ0) is 15.0. The van der Waals surface area contributed by atoms with Gasteiger partial charge in [-0.2, -0.15) is 0 Å². The van der Waals surface area contributed by atoms with Gasteiger partial charge in [-0.25, -0.2) is 4.98 Å². The molecule has 0 N–H and O–H groups in total. The van der Waals surface area contributed by atoms with E-state index in [1.54, 1.807) is 17.7 Å². The predicted molar refractivity (Wildman–Crippen MR) is 82.4 cm³/mol. The van der Waals surface area contributed by atoms with Crippen molar-refractivity contribution in [2.45, 2.75) is 38.4 Å². The molecule has 1 aromatic heterocycles. The van der Waals surface area contributed by atoms with Crippen molar-refractivity contribution in [2.75, 3.05) is 18.8 Å². The van der Waals surface area contributed by atoms with E-state index in [2.05, 4.69) is 11.9 Å². The van der Waals surface area contributed by atoms with E-state index in [9.17, 15) is 9.59 Å². The highest BCUT2D eigenvalue weighted by Gasteiger charge is 2.31. The standard InChI is InChI=1S/C15H21N3O2S/c1-10-3-5-17(6-4-10)14(20)12-8-18-13(19)11(2)7-16-15(18)21-9-12/h7,10,12H,3-6,8-9H2,1-2H3. The Labute approximate surface area is 128 Å². The van der Waals surface area contributed by atoms with Crippen LogP contribution >= 0.6 is 11.8 Å². The predicted octanol–water partition coefficient (Wildman–Crippen LogP) is 1.53. The zero-order valence-corrected chi connectivity index (χ0v) is 13.4. The second-order valence-corrected chi connectivity index (χ2v) is 7.14. The van der Waals surface area contributed by atoms with Gasteiger partial charge < -0.3 is 4.90 Å². The Kier molecular flexibility index (Phi) is 4.06. The summed E-state index contributed by atoms with van der Waals surface area (Å²) in [5, 5.41) is 0.738. The molecule has 0 saturated carbocycles. The molecule has 6 heteroatoms. The summed E-state index contributed by atoms with van der Waals surface area (Å²) in [6.45, 7) is 6.19. The number of carbonyl (C=O) groups is 1. The van der Waals surface area contributed by atoms with Gasteiger partial charge in [0.05, 0.1) is 5.92 Å². The molecule has 0 bridgehead atoms. The number of piperidine rings is 1. The van der Waals surface area contributed by atoms with Gasteiger partial charge in [-0.05, 0) is 25.7 Å². The van der Waals surface area contributed by atoms with E-state index >= 15 is 0 Å². The zero-order valence-electron chi connectivity index (χ0n) is 12.5. The third-order valence-corrected chi connectivity index (χ3v) is 5.60. The number of likely N-dealkylation sites (tertiary alicyclic amines) is 1. The number of aryl methyl sites for hydroxylation is 1. The summed E-state index contributed by atoms with van der Waals surface area (Å²) in [6, 6.07) is 0. The number of fused-ring (bicyclic) bond motifs is 1. The third kappa shape index (κ3) is 2.86. The van der Waals surface area contributed by atoms with E-state index in [1.807, 2.05) is 4.90 Å². The van der Waals surface area contributed by atoms with Gasteiger partial charge in [0.25, 0.3) is 5.56 Å². The lowest BCUT2D eigenvalue weighted by Crippen LogP contribution is -2.45. The van der Waals surface area contributed by atoms with Crippen LogP contribution in [-0.4, -0.2) is 39.2 Å². The fourth-order valence-electron chi connectivity index (χ4n) is 2.94. The van der Waals surface area contributed by atoms with Crippen molar-refractivity contribution in [1.29, 1.82) is 0 Å². The van der Waals surface area contributed by atoms with E-state index in [-0.39, 0.29) is 17.4 Å². The van der Waals surface area contributed by atoms with Crippen LogP contribution in [-0.2, 0) is 11.3 Å². The molecule has 0 aromatic carbocycles. The first kappa shape index (κ1) is 14.6. The Hall–Kier alpha value is -1.30. The fourth-order valence-corrected chi connectivity index (χ4v) is 3.98. The van der Waals surface area contributed by atoms with Crippen LogP contribution in [0.3, 0.4) is 0 Å². The van der Waals surface area contributed by atoms with Crippen molar-refractivity contribution >= 4 is 17.7 Å². The van der Waals surface area contributed by atoms with E-state index in [0.717, 1.165) is 36.8 Å². The van der Waals surface area contributed by atoms with E-state index in [1.165, 1.54) is 11.8 Å². The molecule has 2 aliphatic rings. The molecule has 3 rings (SSSR count). The maximum atomic E-state index is 12.6. The van der Waals surface area contributed by atoms with Gasteiger partial charge in [0, 0.05) is 37.1 Å². The summed E-state index contributed by atoms with van der Waals surface area (Å²) in [5.41, 5.74) is 0.622. The third-order valence-electron chi connectivity index (χ3n) is 4.44. The lowest BCUT2D eigenvalue weighted by Gasteiger charge is -2.34. The lowest BCUT2D eigenvalue weighted by molar-refractivity contribution is -0.136. The minimum absolute atomic E-state index is 0.0164. The maximum absolute atomic E-state index is 12.6. The molecule has 1 fully saturated rings. The quantitative estimate of drug-likeness (QED) is 0.738. The average Bonchev–Trinajstić information content (AvgIpc) is 2.51. The van der Waals surface area contributed by atoms with Crippen LogP contribution in [0.5, 0.6) is 0 Å². The van der Waals surface area contributed by atoms with E-state index in [4.69, 9.17) is 0 Å². The highest BCUT2D eigenvalue weighted by atomic mass is 32.2. The number of aromatic nitrogens is 2. The molecular weight excluding hydrogens is 286 g/mol. The van der Waals surface area contributed by atoms with Gasteiger partial charge in [-0.3, -0.25) is 14.2 Å². The van der Waals surface area contributed by atoms with Gasteiger partial charge in [-0.15, -0.1) is 0 Å². The molecule has 2 aliphatic heterocycles. The fraction of sp³-hybridized carbons (Fsp3) is 0.667. The van der Waals surface area contributed by atoms with Crippen LogP contribution in [0.1, 0.15) is 25.3 Å². The first-order chi connectivity index (χ1) is 10.1. The lowest BCUT2D eigenvalue weighted by atomic mass is 9.98. The Bertz CT molecular complexity index is 605. The van der Waals surface area contributed by atoms with Crippen molar-refractivity contribution in [2.24, 2.45) is 11.8 Å². The number of thioether (sulfide) groups is 1. The molecule has 0 radical (unpaired) electrons. The average molecular weight is 307 g/mol. The highest BCUT2D eigenvalue weighted by Crippen LogP contribution is 2.27. The molecule has 0 spiro atoms. The number of hydrogen-bond donors (Lipinski definition) is 0. The van der Waals surface area contributed by atoms with E-state index < -0.39 is 0 Å². The summed E-state index contributed by atoms with van der Waals surface area (Å²) in [4.78, 5) is 31.1.